The molecule has 1 aromatic carbocycles. The van der Waals surface area contributed by atoms with Crippen molar-refractivity contribution in [3.8, 4) is 0 Å². The van der Waals surface area contributed by atoms with E-state index in [9.17, 15) is 0 Å². The van der Waals surface area contributed by atoms with Gasteiger partial charge in [0.1, 0.15) is 6.10 Å². The maximum Gasteiger partial charge on any atom is 0.246 e. The largest absolute Gasteiger partial charge is 0.376 e. The molecule has 0 aliphatic heterocycles. The van der Waals surface area contributed by atoms with Crippen LogP contribution in [-0.2, 0) is 11.3 Å². The van der Waals surface area contributed by atoms with Crippen LogP contribution < -0.4 is 5.32 Å². The SMILES string of the molecule is CCOC(c1noc(CNc2ccc(Cl)cc2)n1)C1CC1. The summed E-state index contributed by atoms with van der Waals surface area (Å²) >= 11 is 5.85. The molecule has 1 atom stereocenters. The van der Waals surface area contributed by atoms with Crippen LogP contribution in [0.15, 0.2) is 28.8 Å². The van der Waals surface area contributed by atoms with Gasteiger partial charge in [-0.05, 0) is 49.9 Å². The van der Waals surface area contributed by atoms with Crippen molar-refractivity contribution in [1.29, 1.82) is 0 Å². The first-order valence-electron chi connectivity index (χ1n) is 7.19. The molecule has 1 unspecified atom stereocenters. The van der Waals surface area contributed by atoms with Crippen molar-refractivity contribution in [3.63, 3.8) is 0 Å². The van der Waals surface area contributed by atoms with E-state index in [0.717, 1.165) is 5.69 Å². The molecular formula is C15H18ClN3O2. The molecule has 1 fully saturated rings. The minimum absolute atomic E-state index is 0.0250. The van der Waals surface area contributed by atoms with Gasteiger partial charge in [0.25, 0.3) is 0 Å². The van der Waals surface area contributed by atoms with Gasteiger partial charge in [0, 0.05) is 17.3 Å². The van der Waals surface area contributed by atoms with E-state index in [1.54, 1.807) is 0 Å². The summed E-state index contributed by atoms with van der Waals surface area (Å²) in [6.45, 7) is 3.13. The number of ether oxygens (including phenoxy) is 1. The Bertz CT molecular complexity index is 581. The molecule has 112 valence electrons. The number of halogens is 1. The smallest absolute Gasteiger partial charge is 0.246 e. The number of hydrogen-bond donors (Lipinski definition) is 1. The average molecular weight is 308 g/mol. The molecular weight excluding hydrogens is 290 g/mol. The predicted molar refractivity (Wildman–Crippen MR) is 80.2 cm³/mol. The van der Waals surface area contributed by atoms with Crippen molar-refractivity contribution in [3.05, 3.63) is 41.0 Å². The molecule has 0 bridgehead atoms. The van der Waals surface area contributed by atoms with Crippen LogP contribution >= 0.6 is 11.6 Å². The van der Waals surface area contributed by atoms with Gasteiger partial charge >= 0.3 is 0 Å². The first-order chi connectivity index (χ1) is 10.3. The Hall–Kier alpha value is -1.59. The fourth-order valence-corrected chi connectivity index (χ4v) is 2.33. The van der Waals surface area contributed by atoms with Crippen LogP contribution in [0.3, 0.4) is 0 Å². The van der Waals surface area contributed by atoms with E-state index in [2.05, 4.69) is 15.5 Å². The van der Waals surface area contributed by atoms with Gasteiger partial charge in [0.15, 0.2) is 0 Å². The number of aromatic nitrogens is 2. The van der Waals surface area contributed by atoms with Crippen molar-refractivity contribution < 1.29 is 9.26 Å². The lowest BCUT2D eigenvalue weighted by molar-refractivity contribution is 0.0384. The molecule has 21 heavy (non-hydrogen) atoms. The minimum atomic E-state index is -0.0250. The van der Waals surface area contributed by atoms with Crippen molar-refractivity contribution in [2.24, 2.45) is 5.92 Å². The molecule has 0 saturated heterocycles. The lowest BCUT2D eigenvalue weighted by Crippen LogP contribution is -2.09. The molecule has 3 rings (SSSR count). The highest BCUT2D eigenvalue weighted by Gasteiger charge is 2.36. The summed E-state index contributed by atoms with van der Waals surface area (Å²) in [5, 5.41) is 7.98. The summed E-state index contributed by atoms with van der Waals surface area (Å²) < 4.78 is 11.0. The van der Waals surface area contributed by atoms with Gasteiger partial charge in [-0.25, -0.2) is 0 Å². The van der Waals surface area contributed by atoms with Gasteiger partial charge < -0.3 is 14.6 Å². The van der Waals surface area contributed by atoms with Gasteiger partial charge in [-0.3, -0.25) is 0 Å². The predicted octanol–water partition coefficient (Wildman–Crippen LogP) is 3.82. The Balaban J connectivity index is 1.60. The quantitative estimate of drug-likeness (QED) is 0.842. The molecule has 1 aliphatic carbocycles. The summed E-state index contributed by atoms with van der Waals surface area (Å²) in [6, 6.07) is 7.49. The van der Waals surface area contributed by atoms with Crippen molar-refractivity contribution in [1.82, 2.24) is 10.1 Å². The van der Waals surface area contributed by atoms with Gasteiger partial charge in [0.05, 0.1) is 6.54 Å². The summed E-state index contributed by atoms with van der Waals surface area (Å²) in [5.74, 6) is 1.76. The highest BCUT2D eigenvalue weighted by molar-refractivity contribution is 6.30. The highest BCUT2D eigenvalue weighted by atomic mass is 35.5. The fraction of sp³-hybridized carbons (Fsp3) is 0.467. The summed E-state index contributed by atoms with van der Waals surface area (Å²) in [4.78, 5) is 4.43. The lowest BCUT2D eigenvalue weighted by Gasteiger charge is -2.11. The molecule has 1 aliphatic rings. The summed E-state index contributed by atoms with van der Waals surface area (Å²) in [6.07, 6.45) is 2.33. The minimum Gasteiger partial charge on any atom is -0.376 e. The molecule has 1 aromatic heterocycles. The molecule has 1 saturated carbocycles. The normalized spacial score (nSPS) is 15.9. The molecule has 1 heterocycles. The van der Waals surface area contributed by atoms with E-state index in [4.69, 9.17) is 20.9 Å². The maximum absolute atomic E-state index is 5.85. The zero-order valence-electron chi connectivity index (χ0n) is 11.9. The summed E-state index contributed by atoms with van der Waals surface area (Å²) in [5.41, 5.74) is 0.961. The summed E-state index contributed by atoms with van der Waals surface area (Å²) in [7, 11) is 0. The second-order valence-electron chi connectivity index (χ2n) is 5.12. The Morgan fingerprint density at radius 2 is 2.14 bits per heavy atom. The molecule has 6 heteroatoms. The second-order valence-corrected chi connectivity index (χ2v) is 5.56. The molecule has 5 nitrogen and oxygen atoms in total. The van der Waals surface area contributed by atoms with Gasteiger partial charge in [0.2, 0.25) is 11.7 Å². The third-order valence-electron chi connectivity index (χ3n) is 3.42. The van der Waals surface area contributed by atoms with E-state index in [1.807, 2.05) is 31.2 Å². The zero-order valence-corrected chi connectivity index (χ0v) is 12.6. The monoisotopic (exact) mass is 307 g/mol. The second kappa shape index (κ2) is 6.45. The molecule has 2 aromatic rings. The van der Waals surface area contributed by atoms with E-state index in [-0.39, 0.29) is 6.10 Å². The van der Waals surface area contributed by atoms with Crippen LogP contribution in [0, 0.1) is 5.92 Å². The van der Waals surface area contributed by atoms with Crippen molar-refractivity contribution >= 4 is 17.3 Å². The molecule has 1 N–H and O–H groups in total. The Kier molecular flexibility index (Phi) is 4.41. The topological polar surface area (TPSA) is 60.2 Å². The Morgan fingerprint density at radius 3 is 2.81 bits per heavy atom. The van der Waals surface area contributed by atoms with Crippen LogP contribution in [0.1, 0.15) is 37.6 Å². The highest BCUT2D eigenvalue weighted by Crippen LogP contribution is 2.42. The third-order valence-corrected chi connectivity index (χ3v) is 3.67. The van der Waals surface area contributed by atoms with Crippen LogP contribution in [0.2, 0.25) is 5.02 Å². The van der Waals surface area contributed by atoms with Crippen LogP contribution in [0.25, 0.3) is 0 Å². The number of anilines is 1. The van der Waals surface area contributed by atoms with E-state index >= 15 is 0 Å². The van der Waals surface area contributed by atoms with Gasteiger partial charge in [-0.1, -0.05) is 16.8 Å². The van der Waals surface area contributed by atoms with E-state index in [1.165, 1.54) is 12.8 Å². The number of benzene rings is 1. The number of rotatable bonds is 7. The standard InChI is InChI=1S/C15H18ClN3O2/c1-2-20-14(10-3-4-10)15-18-13(21-19-15)9-17-12-7-5-11(16)6-8-12/h5-8,10,14,17H,2-4,9H2,1H3. The van der Waals surface area contributed by atoms with E-state index < -0.39 is 0 Å². The van der Waals surface area contributed by atoms with Gasteiger partial charge in [-0.15, -0.1) is 0 Å². The maximum atomic E-state index is 5.85. The number of hydrogen-bond acceptors (Lipinski definition) is 5. The third kappa shape index (κ3) is 3.74. The Morgan fingerprint density at radius 1 is 1.38 bits per heavy atom. The Labute approximate surface area is 128 Å². The molecule has 0 radical (unpaired) electrons. The van der Waals surface area contributed by atoms with Crippen LogP contribution in [0.5, 0.6) is 0 Å². The van der Waals surface area contributed by atoms with E-state index in [0.29, 0.717) is 35.8 Å². The first kappa shape index (κ1) is 14.4. The molecule has 0 amide bonds. The molecule has 0 spiro atoms. The van der Waals surface area contributed by atoms with Crippen molar-refractivity contribution in [2.75, 3.05) is 11.9 Å². The van der Waals surface area contributed by atoms with Crippen molar-refractivity contribution in [2.45, 2.75) is 32.4 Å². The fourth-order valence-electron chi connectivity index (χ4n) is 2.20. The first-order valence-corrected chi connectivity index (χ1v) is 7.57. The van der Waals surface area contributed by atoms with Gasteiger partial charge in [-0.2, -0.15) is 4.98 Å². The lowest BCUT2D eigenvalue weighted by atomic mass is 10.2. The number of nitrogens with one attached hydrogen (secondary N) is 1. The number of nitrogens with zero attached hydrogens (tertiary/aromatic N) is 2. The average Bonchev–Trinajstić information content (AvgIpc) is 3.22. The van der Waals surface area contributed by atoms with Crippen LogP contribution in [-0.4, -0.2) is 16.7 Å². The zero-order chi connectivity index (χ0) is 14.7. The van der Waals surface area contributed by atoms with Crippen LogP contribution in [0.4, 0.5) is 5.69 Å².